The van der Waals surface area contributed by atoms with E-state index in [4.69, 9.17) is 4.74 Å². The molecule has 2 aromatic carbocycles. The van der Waals surface area contributed by atoms with Crippen LogP contribution in [-0.2, 0) is 13.0 Å². The summed E-state index contributed by atoms with van der Waals surface area (Å²) < 4.78 is 18.3. The monoisotopic (exact) mass is 448 g/mol. The zero-order valence-corrected chi connectivity index (χ0v) is 19.1. The highest BCUT2D eigenvalue weighted by Gasteiger charge is 2.23. The maximum atomic E-state index is 13.1. The molecule has 4 rings (SSSR count). The van der Waals surface area contributed by atoms with E-state index in [0.29, 0.717) is 23.0 Å². The van der Waals surface area contributed by atoms with Crippen LogP contribution in [0.4, 0.5) is 10.1 Å². The Morgan fingerprint density at radius 1 is 1.12 bits per heavy atom. The normalized spacial score (nSPS) is 14.8. The van der Waals surface area contributed by atoms with Gasteiger partial charge in [-0.3, -0.25) is 9.69 Å². The molecule has 0 radical (unpaired) electrons. The van der Waals surface area contributed by atoms with Crippen LogP contribution in [-0.4, -0.2) is 41.0 Å². The Labute approximate surface area is 193 Å². The molecule has 0 aliphatic carbocycles. The minimum atomic E-state index is -0.205. The molecule has 0 spiro atoms. The third-order valence-electron chi connectivity index (χ3n) is 6.09. The van der Waals surface area contributed by atoms with Gasteiger partial charge in [-0.2, -0.15) is 0 Å². The summed E-state index contributed by atoms with van der Waals surface area (Å²) in [6.07, 6.45) is 4.44. The average molecular weight is 449 g/mol. The van der Waals surface area contributed by atoms with Crippen molar-refractivity contribution >= 4 is 11.6 Å². The smallest absolute Gasteiger partial charge is 0.259 e. The first-order valence-corrected chi connectivity index (χ1v) is 11.2. The number of likely N-dealkylation sites (tertiary alicyclic amines) is 1. The number of anilines is 1. The van der Waals surface area contributed by atoms with E-state index in [2.05, 4.69) is 20.2 Å². The van der Waals surface area contributed by atoms with Crippen LogP contribution in [0, 0.1) is 18.7 Å². The second-order valence-corrected chi connectivity index (χ2v) is 8.51. The maximum absolute atomic E-state index is 13.1. The quantitative estimate of drug-likeness (QED) is 0.570. The highest BCUT2D eigenvalue weighted by atomic mass is 19.1. The van der Waals surface area contributed by atoms with Gasteiger partial charge in [-0.15, -0.1) is 0 Å². The van der Waals surface area contributed by atoms with Crippen LogP contribution in [0.2, 0.25) is 0 Å². The van der Waals surface area contributed by atoms with Crippen molar-refractivity contribution in [3.8, 4) is 5.75 Å². The highest BCUT2D eigenvalue weighted by Crippen LogP contribution is 2.24. The number of aromatic nitrogens is 2. The number of carbonyl (C=O) groups excluding carboxylic acids is 1. The lowest BCUT2D eigenvalue weighted by atomic mass is 9.90. The fraction of sp³-hybridized carbons (Fsp3) is 0.346. The zero-order valence-electron chi connectivity index (χ0n) is 19.1. The summed E-state index contributed by atoms with van der Waals surface area (Å²) in [4.78, 5) is 24.2. The molecule has 7 heteroatoms. The lowest BCUT2D eigenvalue weighted by Crippen LogP contribution is -2.34. The van der Waals surface area contributed by atoms with Gasteiger partial charge in [-0.1, -0.05) is 12.1 Å². The Bertz CT molecular complexity index is 1080. The summed E-state index contributed by atoms with van der Waals surface area (Å²) in [5.74, 6) is 1.45. The molecule has 0 atom stereocenters. The Morgan fingerprint density at radius 3 is 2.48 bits per heavy atom. The number of ether oxygens (including phenoxy) is 1. The van der Waals surface area contributed by atoms with Crippen LogP contribution < -0.4 is 10.1 Å². The van der Waals surface area contributed by atoms with Crippen LogP contribution >= 0.6 is 0 Å². The first-order chi connectivity index (χ1) is 16.0. The Balaban J connectivity index is 1.37. The molecule has 1 amide bonds. The summed E-state index contributed by atoms with van der Waals surface area (Å²) >= 11 is 0. The molecule has 1 N–H and O–H groups in total. The molecule has 6 nitrogen and oxygen atoms in total. The number of nitrogens with one attached hydrogen (secondary N) is 1. The predicted molar refractivity (Wildman–Crippen MR) is 126 cm³/mol. The molecule has 1 aliphatic heterocycles. The van der Waals surface area contributed by atoms with E-state index < -0.39 is 0 Å². The SMILES string of the molecule is COc1ccc(NC(=O)c2cnc(C)nc2CC2CCN(Cc3ccc(F)cc3)CC2)cc1. The molecule has 2 heterocycles. The van der Waals surface area contributed by atoms with Gasteiger partial charge in [0.15, 0.2) is 0 Å². The number of aryl methyl sites for hydroxylation is 1. The van der Waals surface area contributed by atoms with Gasteiger partial charge in [0.05, 0.1) is 18.4 Å². The van der Waals surface area contributed by atoms with Crippen molar-refractivity contribution in [3.05, 3.63) is 83.2 Å². The largest absolute Gasteiger partial charge is 0.497 e. The number of amides is 1. The number of benzene rings is 2. The fourth-order valence-electron chi connectivity index (χ4n) is 4.21. The second-order valence-electron chi connectivity index (χ2n) is 8.51. The Kier molecular flexibility index (Phi) is 7.29. The van der Waals surface area contributed by atoms with Crippen LogP contribution in [0.1, 0.15) is 40.3 Å². The third-order valence-corrected chi connectivity index (χ3v) is 6.09. The number of piperidine rings is 1. The minimum absolute atomic E-state index is 0.204. The van der Waals surface area contributed by atoms with Crippen LogP contribution in [0.15, 0.2) is 54.7 Å². The molecule has 1 aromatic heterocycles. The predicted octanol–water partition coefficient (Wildman–Crippen LogP) is 4.64. The van der Waals surface area contributed by atoms with Gasteiger partial charge < -0.3 is 10.1 Å². The topological polar surface area (TPSA) is 67.3 Å². The van der Waals surface area contributed by atoms with E-state index in [0.717, 1.165) is 55.9 Å². The summed E-state index contributed by atoms with van der Waals surface area (Å²) in [7, 11) is 1.61. The summed E-state index contributed by atoms with van der Waals surface area (Å²) in [6.45, 7) is 4.62. The van der Waals surface area contributed by atoms with Gasteiger partial charge in [-0.25, -0.2) is 14.4 Å². The van der Waals surface area contributed by atoms with Gasteiger partial charge in [0.2, 0.25) is 0 Å². The number of nitrogens with zero attached hydrogens (tertiary/aromatic N) is 3. The molecule has 1 fully saturated rings. The second kappa shape index (κ2) is 10.5. The molecule has 3 aromatic rings. The Morgan fingerprint density at radius 2 is 1.82 bits per heavy atom. The van der Waals surface area contributed by atoms with Gasteiger partial charge >= 0.3 is 0 Å². The number of halogens is 1. The van der Waals surface area contributed by atoms with Crippen molar-refractivity contribution < 1.29 is 13.9 Å². The molecule has 172 valence electrons. The van der Waals surface area contributed by atoms with Crippen LogP contribution in [0.25, 0.3) is 0 Å². The van der Waals surface area contributed by atoms with Gasteiger partial charge in [0, 0.05) is 18.4 Å². The van der Waals surface area contributed by atoms with E-state index in [1.807, 2.05) is 43.3 Å². The molecule has 0 bridgehead atoms. The van der Waals surface area contributed by atoms with Crippen molar-refractivity contribution in [2.75, 3.05) is 25.5 Å². The summed E-state index contributed by atoms with van der Waals surface area (Å²) in [6, 6.07) is 13.9. The number of hydrogen-bond acceptors (Lipinski definition) is 5. The van der Waals surface area contributed by atoms with Gasteiger partial charge in [0.1, 0.15) is 17.4 Å². The van der Waals surface area contributed by atoms with E-state index >= 15 is 0 Å². The van der Waals surface area contributed by atoms with Crippen molar-refractivity contribution in [1.82, 2.24) is 14.9 Å². The number of methoxy groups -OCH3 is 1. The first-order valence-electron chi connectivity index (χ1n) is 11.2. The maximum Gasteiger partial charge on any atom is 0.259 e. The van der Waals surface area contributed by atoms with E-state index in [1.165, 1.54) is 12.1 Å². The summed E-state index contributed by atoms with van der Waals surface area (Å²) in [5, 5.41) is 2.94. The molecule has 0 saturated carbocycles. The minimum Gasteiger partial charge on any atom is -0.497 e. The van der Waals surface area contributed by atoms with Crippen molar-refractivity contribution in [2.24, 2.45) is 5.92 Å². The molecular formula is C26H29FN4O2. The lowest BCUT2D eigenvalue weighted by Gasteiger charge is -2.32. The average Bonchev–Trinajstić information content (AvgIpc) is 2.82. The standard InChI is InChI=1S/C26H29FN4O2/c1-18-28-16-24(26(32)30-22-7-9-23(33-2)10-8-22)25(29-18)15-19-11-13-31(14-12-19)17-20-3-5-21(27)6-4-20/h3-10,16,19H,11-15,17H2,1-2H3,(H,30,32). The van der Waals surface area contributed by atoms with Crippen molar-refractivity contribution in [2.45, 2.75) is 32.7 Å². The van der Waals surface area contributed by atoms with Crippen molar-refractivity contribution in [3.63, 3.8) is 0 Å². The number of rotatable bonds is 7. The Hall–Kier alpha value is -3.32. The molecular weight excluding hydrogens is 419 g/mol. The number of carbonyl (C=O) groups is 1. The van der Waals surface area contributed by atoms with E-state index in [-0.39, 0.29) is 11.7 Å². The van der Waals surface area contributed by atoms with Crippen LogP contribution in [0.5, 0.6) is 5.75 Å². The van der Waals surface area contributed by atoms with Crippen molar-refractivity contribution in [1.29, 1.82) is 0 Å². The molecule has 0 unspecified atom stereocenters. The number of hydrogen-bond donors (Lipinski definition) is 1. The first kappa shape index (κ1) is 22.9. The molecule has 1 aliphatic rings. The highest BCUT2D eigenvalue weighted by molar-refractivity contribution is 6.04. The van der Waals surface area contributed by atoms with E-state index in [9.17, 15) is 9.18 Å². The van der Waals surface area contributed by atoms with Gasteiger partial charge in [0.25, 0.3) is 5.91 Å². The van der Waals surface area contributed by atoms with Crippen LogP contribution in [0.3, 0.4) is 0 Å². The van der Waals surface area contributed by atoms with Gasteiger partial charge in [-0.05, 0) is 87.2 Å². The summed E-state index contributed by atoms with van der Waals surface area (Å²) in [5.41, 5.74) is 3.14. The lowest BCUT2D eigenvalue weighted by molar-refractivity contribution is 0.102. The fourth-order valence-corrected chi connectivity index (χ4v) is 4.21. The zero-order chi connectivity index (χ0) is 23.2. The van der Waals surface area contributed by atoms with E-state index in [1.54, 1.807) is 13.3 Å². The molecule has 1 saturated heterocycles. The molecule has 33 heavy (non-hydrogen) atoms. The third kappa shape index (κ3) is 6.14.